The van der Waals surface area contributed by atoms with Crippen LogP contribution in [0.15, 0.2) is 30.3 Å². The van der Waals surface area contributed by atoms with E-state index in [2.05, 4.69) is 6.92 Å². The van der Waals surface area contributed by atoms with Crippen LogP contribution in [0.2, 0.25) is 0 Å². The molecule has 0 fully saturated rings. The third-order valence-electron chi connectivity index (χ3n) is 6.95. The molecule has 0 bridgehead atoms. The maximum Gasteiger partial charge on any atom is 0.330 e. The lowest BCUT2D eigenvalue weighted by molar-refractivity contribution is -0.858. The van der Waals surface area contributed by atoms with Gasteiger partial charge in [-0.2, -0.15) is 0 Å². The van der Waals surface area contributed by atoms with E-state index in [0.717, 1.165) is 25.1 Å². The minimum atomic E-state index is -1.90. The van der Waals surface area contributed by atoms with E-state index < -0.39 is 8.60 Å². The van der Waals surface area contributed by atoms with Crippen LogP contribution in [-0.4, -0.2) is 58.1 Å². The fourth-order valence-corrected chi connectivity index (χ4v) is 5.03. The molecule has 0 aliphatic carbocycles. The highest BCUT2D eigenvalue weighted by molar-refractivity contribution is 7.40. The summed E-state index contributed by atoms with van der Waals surface area (Å²) in [7, 11) is 2.20. The average molecular weight is 571 g/mol. The number of quaternary nitrogens is 1. The Labute approximate surface area is 242 Å². The minimum absolute atomic E-state index is 0.244. The lowest BCUT2D eigenvalue weighted by atomic mass is 10.0. The summed E-state index contributed by atoms with van der Waals surface area (Å²) in [5.41, 5.74) is 1.11. The molecule has 0 saturated carbocycles. The normalized spacial score (nSPS) is 13.3. The first kappa shape index (κ1) is 36.4. The standard InChI is InChI=1S/C32H60NO5P/c1-4-5-6-7-8-9-10-11-12-13-14-15-16-17-18-22-26-35-29-32(36-28-31-23-20-19-21-24-31)30-38-39(34)37-27-25-33(2)3/h19-21,23-24,32,34H,4-18,22,25-30H2,1-3H3/p+1. The third kappa shape index (κ3) is 24.9. The van der Waals surface area contributed by atoms with Crippen LogP contribution in [0.5, 0.6) is 0 Å². The van der Waals surface area contributed by atoms with Gasteiger partial charge in [0.2, 0.25) is 0 Å². The van der Waals surface area contributed by atoms with Crippen LogP contribution >= 0.6 is 8.60 Å². The first-order valence-corrected chi connectivity index (χ1v) is 17.0. The summed E-state index contributed by atoms with van der Waals surface area (Å²) in [5, 5.41) is 0. The van der Waals surface area contributed by atoms with Crippen molar-refractivity contribution < 1.29 is 28.3 Å². The summed E-state index contributed by atoms with van der Waals surface area (Å²) >= 11 is 0. The average Bonchev–Trinajstić information content (AvgIpc) is 2.93. The number of likely N-dealkylation sites (N-methyl/N-ethyl adjacent to an activating group) is 1. The Bertz CT molecular complexity index is 622. The van der Waals surface area contributed by atoms with Crippen LogP contribution in [0.1, 0.15) is 115 Å². The van der Waals surface area contributed by atoms with E-state index in [9.17, 15) is 4.89 Å². The van der Waals surface area contributed by atoms with Crippen molar-refractivity contribution in [3.05, 3.63) is 35.9 Å². The Hall–Kier alpha value is -0.590. The predicted molar refractivity (Wildman–Crippen MR) is 164 cm³/mol. The SMILES string of the molecule is CCCCCCCCCCCCCCCCCCOCC(COP(O)OCC[NH+](C)C)OCc1ccccc1. The van der Waals surface area contributed by atoms with Crippen molar-refractivity contribution in [3.8, 4) is 0 Å². The van der Waals surface area contributed by atoms with E-state index >= 15 is 0 Å². The van der Waals surface area contributed by atoms with Gasteiger partial charge < -0.3 is 28.3 Å². The molecule has 6 nitrogen and oxygen atoms in total. The molecule has 0 radical (unpaired) electrons. The van der Waals surface area contributed by atoms with Crippen molar-refractivity contribution in [2.75, 3.05) is 47.1 Å². The summed E-state index contributed by atoms with van der Waals surface area (Å²) in [5.74, 6) is 0. The monoisotopic (exact) mass is 570 g/mol. The molecule has 0 spiro atoms. The molecule has 2 unspecified atom stereocenters. The van der Waals surface area contributed by atoms with Gasteiger partial charge in [-0.15, -0.1) is 0 Å². The van der Waals surface area contributed by atoms with Crippen molar-refractivity contribution >= 4 is 8.60 Å². The zero-order chi connectivity index (χ0) is 28.2. The number of hydrogen-bond donors (Lipinski definition) is 2. The highest BCUT2D eigenvalue weighted by Gasteiger charge is 2.15. The van der Waals surface area contributed by atoms with Crippen molar-refractivity contribution in [1.82, 2.24) is 0 Å². The van der Waals surface area contributed by atoms with Crippen LogP contribution in [0.25, 0.3) is 0 Å². The van der Waals surface area contributed by atoms with E-state index in [1.54, 1.807) is 0 Å². The van der Waals surface area contributed by atoms with Gasteiger partial charge in [-0.1, -0.05) is 134 Å². The summed E-state index contributed by atoms with van der Waals surface area (Å²) in [4.78, 5) is 11.3. The zero-order valence-corrected chi connectivity index (χ0v) is 26.4. The van der Waals surface area contributed by atoms with Crippen LogP contribution < -0.4 is 4.90 Å². The van der Waals surface area contributed by atoms with Gasteiger partial charge >= 0.3 is 8.60 Å². The van der Waals surface area contributed by atoms with Gasteiger partial charge in [0, 0.05) is 6.61 Å². The molecule has 1 aromatic rings. The molecule has 0 aliphatic heterocycles. The molecule has 0 saturated heterocycles. The molecular weight excluding hydrogens is 509 g/mol. The molecule has 2 atom stereocenters. The second-order valence-corrected chi connectivity index (χ2v) is 12.1. The van der Waals surface area contributed by atoms with E-state index in [4.69, 9.17) is 18.5 Å². The molecule has 0 aliphatic rings. The molecule has 7 heteroatoms. The van der Waals surface area contributed by atoms with Gasteiger partial charge in [0.1, 0.15) is 19.3 Å². The molecule has 39 heavy (non-hydrogen) atoms. The molecule has 0 amide bonds. The molecule has 228 valence electrons. The summed E-state index contributed by atoms with van der Waals surface area (Å²) in [6.45, 7) is 5.51. The predicted octanol–water partition coefficient (Wildman–Crippen LogP) is 7.25. The van der Waals surface area contributed by atoms with Gasteiger partial charge in [-0.05, 0) is 12.0 Å². The first-order chi connectivity index (χ1) is 19.1. The van der Waals surface area contributed by atoms with Crippen molar-refractivity contribution in [3.63, 3.8) is 0 Å². The Morgan fingerprint density at radius 2 is 1.23 bits per heavy atom. The maximum absolute atomic E-state index is 10.0. The molecular formula is C32H61NO5P+. The van der Waals surface area contributed by atoms with Crippen molar-refractivity contribution in [1.29, 1.82) is 0 Å². The molecule has 0 aromatic heterocycles. The summed E-state index contributed by atoms with van der Waals surface area (Å²) in [6.07, 6.45) is 21.6. The summed E-state index contributed by atoms with van der Waals surface area (Å²) < 4.78 is 22.9. The minimum Gasteiger partial charge on any atom is -0.379 e. The summed E-state index contributed by atoms with van der Waals surface area (Å²) in [6, 6.07) is 10.1. The number of benzene rings is 1. The lowest BCUT2D eigenvalue weighted by Crippen LogP contribution is -3.06. The lowest BCUT2D eigenvalue weighted by Gasteiger charge is -2.20. The Kier molecular flexibility index (Phi) is 25.8. The number of hydrogen-bond acceptors (Lipinski definition) is 5. The molecule has 2 N–H and O–H groups in total. The van der Waals surface area contributed by atoms with E-state index in [0.29, 0.717) is 19.8 Å². The smallest absolute Gasteiger partial charge is 0.330 e. The Morgan fingerprint density at radius 1 is 0.692 bits per heavy atom. The number of ether oxygens (including phenoxy) is 2. The second kappa shape index (κ2) is 27.6. The number of unbranched alkanes of at least 4 members (excludes halogenated alkanes) is 15. The van der Waals surface area contributed by atoms with E-state index in [1.807, 2.05) is 44.4 Å². The fraction of sp³-hybridized carbons (Fsp3) is 0.812. The van der Waals surface area contributed by atoms with Crippen molar-refractivity contribution in [2.45, 2.75) is 122 Å². The molecule has 1 rings (SSSR count). The van der Waals surface area contributed by atoms with E-state index in [1.165, 1.54) is 101 Å². The highest BCUT2D eigenvalue weighted by atomic mass is 31.2. The number of rotatable bonds is 29. The van der Waals surface area contributed by atoms with Crippen molar-refractivity contribution in [2.24, 2.45) is 0 Å². The van der Waals surface area contributed by atoms with Gasteiger partial charge in [-0.25, -0.2) is 0 Å². The third-order valence-corrected chi connectivity index (χ3v) is 7.72. The Morgan fingerprint density at radius 3 is 1.77 bits per heavy atom. The van der Waals surface area contributed by atoms with Gasteiger partial charge in [0.15, 0.2) is 0 Å². The van der Waals surface area contributed by atoms with Gasteiger partial charge in [0.25, 0.3) is 0 Å². The Balaban J connectivity index is 2.04. The quantitative estimate of drug-likeness (QED) is 0.0785. The van der Waals surface area contributed by atoms with Crippen LogP contribution in [-0.2, 0) is 25.1 Å². The fourth-order valence-electron chi connectivity index (χ4n) is 4.41. The van der Waals surface area contributed by atoms with Gasteiger partial charge in [-0.3, -0.25) is 0 Å². The highest BCUT2D eigenvalue weighted by Crippen LogP contribution is 2.32. The van der Waals surface area contributed by atoms with Crippen LogP contribution in [0.3, 0.4) is 0 Å². The van der Waals surface area contributed by atoms with E-state index in [-0.39, 0.29) is 12.7 Å². The second-order valence-electron chi connectivity index (χ2n) is 11.1. The molecule has 1 aromatic carbocycles. The zero-order valence-electron chi connectivity index (χ0n) is 25.5. The topological polar surface area (TPSA) is 61.6 Å². The number of nitrogens with one attached hydrogen (secondary N) is 1. The molecule has 0 heterocycles. The van der Waals surface area contributed by atoms with Crippen LogP contribution in [0.4, 0.5) is 0 Å². The first-order valence-electron chi connectivity index (χ1n) is 15.9. The largest absolute Gasteiger partial charge is 0.379 e. The van der Waals surface area contributed by atoms with Crippen LogP contribution in [0, 0.1) is 0 Å². The maximum atomic E-state index is 10.0. The van der Waals surface area contributed by atoms with Gasteiger partial charge in [0.05, 0.1) is 33.9 Å².